The molecular formula is C29H34Cl2N6O5. The highest BCUT2D eigenvalue weighted by Crippen LogP contribution is 2.46. The fourth-order valence-electron chi connectivity index (χ4n) is 5.21. The van der Waals surface area contributed by atoms with E-state index in [-0.39, 0.29) is 33.9 Å². The van der Waals surface area contributed by atoms with Gasteiger partial charge in [0.15, 0.2) is 5.82 Å². The molecule has 5 rings (SSSR count). The first kappa shape index (κ1) is 30.1. The number of benzene rings is 1. The Hall–Kier alpha value is -3.38. The smallest absolute Gasteiger partial charge is 0.243 e. The lowest BCUT2D eigenvalue weighted by molar-refractivity contribution is -0.117. The Bertz CT molecular complexity index is 1470. The van der Waals surface area contributed by atoms with Crippen LogP contribution in [0, 0.1) is 0 Å². The Kier molecular flexibility index (Phi) is 8.93. The summed E-state index contributed by atoms with van der Waals surface area (Å²) in [5.41, 5.74) is 0.196. The van der Waals surface area contributed by atoms with Gasteiger partial charge in [0, 0.05) is 31.1 Å². The summed E-state index contributed by atoms with van der Waals surface area (Å²) in [7, 11) is 3.02. The minimum absolute atomic E-state index is 0.156. The predicted octanol–water partition coefficient (Wildman–Crippen LogP) is 4.24. The number of rotatable bonds is 8. The average Bonchev–Trinajstić information content (AvgIpc) is 2.98. The van der Waals surface area contributed by atoms with Crippen molar-refractivity contribution >= 4 is 51.6 Å². The molecule has 2 atom stereocenters. The molecule has 11 nitrogen and oxygen atoms in total. The topological polar surface area (TPSA) is 131 Å². The second-order valence-electron chi connectivity index (χ2n) is 10.7. The first-order valence-corrected chi connectivity index (χ1v) is 14.4. The van der Waals surface area contributed by atoms with E-state index in [2.05, 4.69) is 27.1 Å². The SMILES string of the molecule is C=CC(=O)N[C@H]1CCOC[C@H]1Nc1cc2c(N3CCC(C)(O)CC3)nc(-c3c(Cl)c(OC)cc(OC)c3Cl)nc2cn1. The van der Waals surface area contributed by atoms with Crippen LogP contribution in [0.4, 0.5) is 11.6 Å². The Labute approximate surface area is 254 Å². The van der Waals surface area contributed by atoms with Crippen LogP contribution in [0.3, 0.4) is 0 Å². The predicted molar refractivity (Wildman–Crippen MR) is 163 cm³/mol. The first-order chi connectivity index (χ1) is 20.1. The number of amides is 1. The van der Waals surface area contributed by atoms with Crippen molar-refractivity contribution in [1.82, 2.24) is 20.3 Å². The van der Waals surface area contributed by atoms with Gasteiger partial charge in [-0.15, -0.1) is 0 Å². The number of hydrogen-bond donors (Lipinski definition) is 3. The molecule has 2 fully saturated rings. The molecule has 42 heavy (non-hydrogen) atoms. The van der Waals surface area contributed by atoms with Crippen LogP contribution in [0.2, 0.25) is 10.0 Å². The van der Waals surface area contributed by atoms with Gasteiger partial charge in [-0.05, 0) is 38.3 Å². The summed E-state index contributed by atoms with van der Waals surface area (Å²) < 4.78 is 16.6. The maximum atomic E-state index is 12.0. The molecular weight excluding hydrogens is 583 g/mol. The van der Waals surface area contributed by atoms with Gasteiger partial charge in [0.1, 0.15) is 23.1 Å². The highest BCUT2D eigenvalue weighted by atomic mass is 35.5. The van der Waals surface area contributed by atoms with Crippen molar-refractivity contribution in [3.63, 3.8) is 0 Å². The minimum atomic E-state index is -0.755. The standard InChI is InChI=1S/C29H34Cl2N6O5/c1-5-23(38)34-17-6-11-42-15-19(17)33-22-12-16-18(14-32-22)35-27(36-28(16)37-9-7-29(2,39)8-10-37)24-25(30)20(40-3)13-21(41-4)26(24)31/h5,12-14,17,19,39H,1,6-11,15H2,2-4H3,(H,32,33)(H,34,38)/t17-,19+/m0/s1. The molecule has 2 aromatic heterocycles. The average molecular weight is 618 g/mol. The summed E-state index contributed by atoms with van der Waals surface area (Å²) in [6, 6.07) is 3.14. The number of carbonyl (C=O) groups excluding carboxylic acids is 1. The molecule has 0 bridgehead atoms. The largest absolute Gasteiger partial charge is 0.495 e. The highest BCUT2D eigenvalue weighted by Gasteiger charge is 2.31. The van der Waals surface area contributed by atoms with Crippen LogP contribution in [0.25, 0.3) is 22.3 Å². The summed E-state index contributed by atoms with van der Waals surface area (Å²) in [5.74, 6) is 2.03. The highest BCUT2D eigenvalue weighted by molar-refractivity contribution is 6.41. The van der Waals surface area contributed by atoms with Gasteiger partial charge in [-0.25, -0.2) is 15.0 Å². The summed E-state index contributed by atoms with van der Waals surface area (Å²) >= 11 is 13.5. The van der Waals surface area contributed by atoms with E-state index in [4.69, 9.17) is 47.4 Å². The van der Waals surface area contributed by atoms with Gasteiger partial charge in [0.05, 0.1) is 65.8 Å². The van der Waals surface area contributed by atoms with Gasteiger partial charge in [-0.1, -0.05) is 29.8 Å². The number of nitrogens with zero attached hydrogens (tertiary/aromatic N) is 4. The van der Waals surface area contributed by atoms with E-state index in [0.29, 0.717) is 79.8 Å². The molecule has 4 heterocycles. The maximum absolute atomic E-state index is 12.0. The minimum Gasteiger partial charge on any atom is -0.495 e. The summed E-state index contributed by atoms with van der Waals surface area (Å²) in [6.07, 6.45) is 4.72. The van der Waals surface area contributed by atoms with Crippen LogP contribution in [0.5, 0.6) is 11.5 Å². The van der Waals surface area contributed by atoms with Gasteiger partial charge < -0.3 is 34.9 Å². The van der Waals surface area contributed by atoms with E-state index in [1.807, 2.05) is 13.0 Å². The van der Waals surface area contributed by atoms with Crippen molar-refractivity contribution in [1.29, 1.82) is 0 Å². The Morgan fingerprint density at radius 2 is 1.86 bits per heavy atom. The second kappa shape index (κ2) is 12.5. The zero-order chi connectivity index (χ0) is 30.0. The van der Waals surface area contributed by atoms with Crippen LogP contribution in [-0.2, 0) is 9.53 Å². The quantitative estimate of drug-likeness (QED) is 0.316. The zero-order valence-electron chi connectivity index (χ0n) is 23.7. The molecule has 0 radical (unpaired) electrons. The Balaban J connectivity index is 1.60. The number of fused-ring (bicyclic) bond motifs is 1. The van der Waals surface area contributed by atoms with Crippen molar-refractivity contribution in [3.05, 3.63) is 41.0 Å². The lowest BCUT2D eigenvalue weighted by Gasteiger charge is -2.37. The van der Waals surface area contributed by atoms with Gasteiger partial charge in [0.25, 0.3) is 0 Å². The number of methoxy groups -OCH3 is 2. The lowest BCUT2D eigenvalue weighted by Crippen LogP contribution is -2.52. The third-order valence-corrected chi connectivity index (χ3v) is 8.45. The number of piperidine rings is 1. The number of pyridine rings is 1. The number of hydrogen-bond acceptors (Lipinski definition) is 10. The van der Waals surface area contributed by atoms with Crippen LogP contribution >= 0.6 is 23.2 Å². The fraction of sp³-hybridized carbons (Fsp3) is 0.448. The molecule has 0 saturated carbocycles. The van der Waals surface area contributed by atoms with Gasteiger partial charge in [0.2, 0.25) is 5.91 Å². The van der Waals surface area contributed by atoms with Gasteiger partial charge in [-0.3, -0.25) is 4.79 Å². The molecule has 3 N–H and O–H groups in total. The first-order valence-electron chi connectivity index (χ1n) is 13.7. The summed E-state index contributed by atoms with van der Waals surface area (Å²) in [4.78, 5) is 28.5. The van der Waals surface area contributed by atoms with Crippen LogP contribution < -0.4 is 25.0 Å². The molecule has 0 unspecified atom stereocenters. The Morgan fingerprint density at radius 1 is 1.17 bits per heavy atom. The number of ether oxygens (including phenoxy) is 3. The Morgan fingerprint density at radius 3 is 2.50 bits per heavy atom. The third-order valence-electron chi connectivity index (χ3n) is 7.70. The number of anilines is 2. The third kappa shape index (κ3) is 6.19. The number of carbonyl (C=O) groups is 1. The molecule has 2 aliphatic heterocycles. The van der Waals surface area contributed by atoms with E-state index in [1.54, 1.807) is 12.3 Å². The summed E-state index contributed by atoms with van der Waals surface area (Å²) in [5, 5.41) is 18.3. The molecule has 1 amide bonds. The molecule has 224 valence electrons. The van der Waals surface area contributed by atoms with Crippen molar-refractivity contribution in [2.45, 2.75) is 43.9 Å². The van der Waals surface area contributed by atoms with Gasteiger partial charge >= 0.3 is 0 Å². The van der Waals surface area contributed by atoms with E-state index >= 15 is 0 Å². The number of aliphatic hydroxyl groups is 1. The van der Waals surface area contributed by atoms with Crippen molar-refractivity contribution in [3.8, 4) is 22.9 Å². The van der Waals surface area contributed by atoms with Crippen molar-refractivity contribution < 1.29 is 24.1 Å². The molecule has 3 aromatic rings. The maximum Gasteiger partial charge on any atom is 0.243 e. The van der Waals surface area contributed by atoms with E-state index in [1.165, 1.54) is 20.3 Å². The number of aromatic nitrogens is 3. The van der Waals surface area contributed by atoms with E-state index in [0.717, 1.165) is 5.39 Å². The molecule has 1 aromatic carbocycles. The second-order valence-corrected chi connectivity index (χ2v) is 11.4. The van der Waals surface area contributed by atoms with E-state index in [9.17, 15) is 9.90 Å². The molecule has 2 aliphatic rings. The van der Waals surface area contributed by atoms with Crippen molar-refractivity contribution in [2.75, 3.05) is 50.7 Å². The van der Waals surface area contributed by atoms with Crippen LogP contribution in [0.1, 0.15) is 26.2 Å². The number of nitrogens with one attached hydrogen (secondary N) is 2. The normalized spacial score (nSPS) is 20.2. The van der Waals surface area contributed by atoms with Crippen LogP contribution in [-0.4, -0.2) is 84.2 Å². The lowest BCUT2D eigenvalue weighted by atomic mass is 9.94. The molecule has 13 heteroatoms. The van der Waals surface area contributed by atoms with Gasteiger partial charge in [-0.2, -0.15) is 0 Å². The molecule has 0 spiro atoms. The fourth-order valence-corrected chi connectivity index (χ4v) is 5.88. The zero-order valence-corrected chi connectivity index (χ0v) is 25.3. The molecule has 2 saturated heterocycles. The van der Waals surface area contributed by atoms with Crippen molar-refractivity contribution in [2.24, 2.45) is 0 Å². The molecule has 0 aliphatic carbocycles. The summed E-state index contributed by atoms with van der Waals surface area (Å²) in [6.45, 7) is 7.51. The van der Waals surface area contributed by atoms with E-state index < -0.39 is 5.60 Å². The van der Waals surface area contributed by atoms with Crippen LogP contribution in [0.15, 0.2) is 31.0 Å². The monoisotopic (exact) mass is 616 g/mol. The number of halogens is 2.